The van der Waals surface area contributed by atoms with E-state index in [0.717, 1.165) is 5.56 Å². The van der Waals surface area contributed by atoms with Crippen LogP contribution in [0.15, 0.2) is 46.4 Å². The van der Waals surface area contributed by atoms with Crippen molar-refractivity contribution >= 4 is 51.8 Å². The summed E-state index contributed by atoms with van der Waals surface area (Å²) in [6.45, 7) is 0.815. The maximum atomic E-state index is 13.4. The summed E-state index contributed by atoms with van der Waals surface area (Å²) in [5, 5.41) is 12.4. The van der Waals surface area contributed by atoms with E-state index < -0.39 is 28.0 Å². The van der Waals surface area contributed by atoms with E-state index in [-0.39, 0.29) is 36.1 Å². The number of para-hydroxylation sites is 1. The van der Waals surface area contributed by atoms with Gasteiger partial charge >= 0.3 is 5.97 Å². The molecule has 32 heavy (non-hydrogen) atoms. The molecule has 0 radical (unpaired) electrons. The Labute approximate surface area is 198 Å². The molecule has 0 saturated carbocycles. The maximum Gasteiger partial charge on any atom is 0.304 e. The molecule has 0 bridgehead atoms. The second-order valence-electron chi connectivity index (χ2n) is 7.64. The smallest absolute Gasteiger partial charge is 0.304 e. The number of fused-ring (bicyclic) bond motifs is 2. The minimum Gasteiger partial charge on any atom is -0.481 e. The molecule has 2 aliphatic rings. The van der Waals surface area contributed by atoms with Crippen LogP contribution in [0.4, 0.5) is 5.69 Å². The summed E-state index contributed by atoms with van der Waals surface area (Å²) in [4.78, 5) is 25.2. The lowest BCUT2D eigenvalue weighted by atomic mass is 9.85. The summed E-state index contributed by atoms with van der Waals surface area (Å²) in [6, 6.07) is 6.79. The molecule has 1 aromatic carbocycles. The standard InChI is InChI=1S/C21H26ClN3O5S2/c1-24-17-5-3-2-4-15(17)21(16-7-6-14(22)12-18(16)32(24,29)30)25(10-8-20(27)28)11-9-23-19(26)13-31/h2-6,12,16,21,31H,7-11,13H2,1H3,(H,23,26)(H,27,28). The molecule has 1 aliphatic heterocycles. The van der Waals surface area contributed by atoms with Crippen molar-refractivity contribution in [1.82, 2.24) is 10.2 Å². The molecule has 1 aromatic rings. The van der Waals surface area contributed by atoms with Gasteiger partial charge in [-0.05, 0) is 24.1 Å². The Balaban J connectivity index is 2.10. The highest BCUT2D eigenvalue weighted by molar-refractivity contribution is 7.96. The number of halogens is 1. The number of benzene rings is 1. The lowest BCUT2D eigenvalue weighted by Crippen LogP contribution is -2.41. The molecule has 1 amide bonds. The third-order valence-corrected chi connectivity index (χ3v) is 8.20. The Kier molecular flexibility index (Phi) is 7.92. The minimum absolute atomic E-state index is 0.0449. The van der Waals surface area contributed by atoms with Crippen LogP contribution in [-0.4, -0.2) is 62.7 Å². The Morgan fingerprint density at radius 1 is 1.31 bits per heavy atom. The van der Waals surface area contributed by atoms with Crippen molar-refractivity contribution in [2.45, 2.75) is 18.9 Å². The molecule has 2 N–H and O–H groups in total. The first-order valence-electron chi connectivity index (χ1n) is 10.1. The topological polar surface area (TPSA) is 107 Å². The van der Waals surface area contributed by atoms with Crippen LogP contribution in [-0.2, 0) is 19.6 Å². The first-order chi connectivity index (χ1) is 15.2. The van der Waals surface area contributed by atoms with E-state index in [2.05, 4.69) is 17.9 Å². The summed E-state index contributed by atoms with van der Waals surface area (Å²) in [7, 11) is -2.33. The fourth-order valence-electron chi connectivity index (χ4n) is 4.21. The second kappa shape index (κ2) is 10.3. The number of hydrogen-bond donors (Lipinski definition) is 3. The molecular formula is C21H26ClN3O5S2. The summed E-state index contributed by atoms with van der Waals surface area (Å²) in [5.74, 6) is -1.60. The Morgan fingerprint density at radius 3 is 2.72 bits per heavy atom. The average molecular weight is 500 g/mol. The van der Waals surface area contributed by atoms with Crippen LogP contribution in [0, 0.1) is 5.92 Å². The van der Waals surface area contributed by atoms with E-state index in [1.54, 1.807) is 18.2 Å². The number of hydrogen-bond acceptors (Lipinski definition) is 6. The van der Waals surface area contributed by atoms with Gasteiger partial charge in [0.15, 0.2) is 0 Å². The van der Waals surface area contributed by atoms with Crippen LogP contribution in [0.3, 0.4) is 0 Å². The van der Waals surface area contributed by atoms with Gasteiger partial charge in [-0.1, -0.05) is 35.9 Å². The average Bonchev–Trinajstić information content (AvgIpc) is 2.83. The highest BCUT2D eigenvalue weighted by Gasteiger charge is 2.44. The molecule has 2 atom stereocenters. The van der Waals surface area contributed by atoms with Crippen molar-refractivity contribution in [3.63, 3.8) is 0 Å². The summed E-state index contributed by atoms with van der Waals surface area (Å²) >= 11 is 10.2. The van der Waals surface area contributed by atoms with Crippen molar-refractivity contribution in [1.29, 1.82) is 0 Å². The van der Waals surface area contributed by atoms with Gasteiger partial charge in [0.05, 0.1) is 22.8 Å². The number of amides is 1. The first-order valence-corrected chi connectivity index (χ1v) is 12.6. The zero-order valence-corrected chi connectivity index (χ0v) is 20.0. The summed E-state index contributed by atoms with van der Waals surface area (Å²) in [5.41, 5.74) is 1.31. The summed E-state index contributed by atoms with van der Waals surface area (Å²) < 4.78 is 28.1. The number of sulfonamides is 1. The van der Waals surface area contributed by atoms with E-state index in [1.807, 2.05) is 17.0 Å². The van der Waals surface area contributed by atoms with Crippen LogP contribution in [0.1, 0.15) is 24.4 Å². The minimum atomic E-state index is -3.83. The van der Waals surface area contributed by atoms with Crippen LogP contribution < -0.4 is 9.62 Å². The highest BCUT2D eigenvalue weighted by Crippen LogP contribution is 2.48. The normalized spacial score (nSPS) is 21.7. The largest absolute Gasteiger partial charge is 0.481 e. The number of nitrogens with zero attached hydrogens (tertiary/aromatic N) is 2. The quantitative estimate of drug-likeness (QED) is 0.474. The first kappa shape index (κ1) is 24.6. The van der Waals surface area contributed by atoms with Gasteiger partial charge in [-0.3, -0.25) is 18.8 Å². The van der Waals surface area contributed by atoms with Gasteiger partial charge in [-0.25, -0.2) is 8.42 Å². The molecular weight excluding hydrogens is 474 g/mol. The Bertz CT molecular complexity index is 1060. The van der Waals surface area contributed by atoms with Gasteiger partial charge in [0.1, 0.15) is 0 Å². The number of allylic oxidation sites excluding steroid dienone is 3. The number of aliphatic carboxylic acids is 1. The van der Waals surface area contributed by atoms with Gasteiger partial charge < -0.3 is 10.4 Å². The molecule has 0 saturated heterocycles. The lowest BCUT2D eigenvalue weighted by molar-refractivity contribution is -0.137. The van der Waals surface area contributed by atoms with E-state index in [0.29, 0.717) is 23.7 Å². The Hall–Kier alpha value is -2.01. The molecule has 0 fully saturated rings. The molecule has 0 spiro atoms. The number of carbonyl (C=O) groups is 2. The van der Waals surface area contributed by atoms with Crippen molar-refractivity contribution in [2.24, 2.45) is 5.92 Å². The number of thiol groups is 1. The van der Waals surface area contributed by atoms with Gasteiger partial charge in [-0.15, -0.1) is 0 Å². The number of anilines is 1. The number of rotatable bonds is 8. The zero-order chi connectivity index (χ0) is 23.5. The van der Waals surface area contributed by atoms with Crippen molar-refractivity contribution in [3.05, 3.63) is 51.9 Å². The maximum absolute atomic E-state index is 13.4. The molecule has 1 heterocycles. The van der Waals surface area contributed by atoms with Crippen molar-refractivity contribution in [3.8, 4) is 0 Å². The van der Waals surface area contributed by atoms with E-state index in [4.69, 9.17) is 11.6 Å². The number of carbonyl (C=O) groups excluding carboxylic acids is 1. The second-order valence-corrected chi connectivity index (χ2v) is 10.4. The van der Waals surface area contributed by atoms with Gasteiger partial charge in [0.2, 0.25) is 5.91 Å². The Morgan fingerprint density at radius 2 is 2.03 bits per heavy atom. The van der Waals surface area contributed by atoms with Crippen molar-refractivity contribution < 1.29 is 23.1 Å². The van der Waals surface area contributed by atoms with Gasteiger partial charge in [0.25, 0.3) is 10.0 Å². The molecule has 0 aromatic heterocycles. The van der Waals surface area contributed by atoms with Crippen LogP contribution in [0.5, 0.6) is 0 Å². The van der Waals surface area contributed by atoms with E-state index >= 15 is 0 Å². The number of nitrogens with one attached hydrogen (secondary N) is 1. The molecule has 11 heteroatoms. The van der Waals surface area contributed by atoms with Crippen LogP contribution in [0.2, 0.25) is 0 Å². The third kappa shape index (κ3) is 5.14. The SMILES string of the molecule is CN1c2ccccc2C(N(CCNC(=O)CS)CCC(=O)O)C2CC=C(Cl)C=C2S1(=O)=O. The highest BCUT2D eigenvalue weighted by atomic mass is 35.5. The third-order valence-electron chi connectivity index (χ3n) is 5.72. The van der Waals surface area contributed by atoms with Gasteiger partial charge in [0, 0.05) is 43.7 Å². The molecule has 174 valence electrons. The summed E-state index contributed by atoms with van der Waals surface area (Å²) in [6.07, 6.45) is 3.54. The zero-order valence-electron chi connectivity index (χ0n) is 17.6. The monoisotopic (exact) mass is 499 g/mol. The van der Waals surface area contributed by atoms with Crippen LogP contribution in [0.25, 0.3) is 0 Å². The van der Waals surface area contributed by atoms with Crippen molar-refractivity contribution in [2.75, 3.05) is 36.7 Å². The van der Waals surface area contributed by atoms with Crippen LogP contribution >= 0.6 is 24.2 Å². The number of carboxylic acid groups (broad SMARTS) is 1. The number of carboxylic acids is 1. The van der Waals surface area contributed by atoms with Gasteiger partial charge in [-0.2, -0.15) is 12.6 Å². The fourth-order valence-corrected chi connectivity index (χ4v) is 6.22. The molecule has 3 rings (SSSR count). The molecule has 8 nitrogen and oxygen atoms in total. The molecule has 1 aliphatic carbocycles. The molecule has 2 unspecified atom stereocenters. The van der Waals surface area contributed by atoms with E-state index in [1.165, 1.54) is 17.4 Å². The predicted octanol–water partition coefficient (Wildman–Crippen LogP) is 2.36. The fraction of sp³-hybridized carbons (Fsp3) is 0.429. The predicted molar refractivity (Wildman–Crippen MR) is 127 cm³/mol. The van der Waals surface area contributed by atoms with E-state index in [9.17, 15) is 23.1 Å². The lowest BCUT2D eigenvalue weighted by Gasteiger charge is -2.37.